The summed E-state index contributed by atoms with van der Waals surface area (Å²) in [6.45, 7) is 0. The molecule has 1 heterocycles. The number of nitrogens with zero attached hydrogens (tertiary/aromatic N) is 1. The Bertz CT molecular complexity index is 314. The maximum atomic E-state index is 10.9. The molecule has 0 bridgehead atoms. The van der Waals surface area contributed by atoms with E-state index < -0.39 is 5.91 Å². The molecule has 1 amide bonds. The Morgan fingerprint density at radius 3 is 2.83 bits per heavy atom. The van der Waals surface area contributed by atoms with Crippen molar-refractivity contribution in [2.24, 2.45) is 5.73 Å². The SMILES string of the molecule is COc1nccc(I)c1C(N)=O. The third-order valence-corrected chi connectivity index (χ3v) is 2.20. The van der Waals surface area contributed by atoms with Crippen molar-refractivity contribution in [1.82, 2.24) is 4.98 Å². The van der Waals surface area contributed by atoms with Gasteiger partial charge in [0.1, 0.15) is 5.56 Å². The Hall–Kier alpha value is -0.850. The van der Waals surface area contributed by atoms with Gasteiger partial charge in [-0.25, -0.2) is 4.98 Å². The number of halogens is 1. The molecule has 0 radical (unpaired) electrons. The van der Waals surface area contributed by atoms with Crippen molar-refractivity contribution in [2.75, 3.05) is 7.11 Å². The van der Waals surface area contributed by atoms with Crippen LogP contribution in [0.3, 0.4) is 0 Å². The number of aromatic nitrogens is 1. The lowest BCUT2D eigenvalue weighted by atomic mass is 10.2. The lowest BCUT2D eigenvalue weighted by Gasteiger charge is -2.04. The maximum absolute atomic E-state index is 10.9. The van der Waals surface area contributed by atoms with Gasteiger partial charge in [-0.1, -0.05) is 0 Å². The highest BCUT2D eigenvalue weighted by Crippen LogP contribution is 2.19. The molecule has 0 aromatic carbocycles. The first kappa shape index (κ1) is 9.24. The van der Waals surface area contributed by atoms with Crippen LogP contribution in [0.1, 0.15) is 10.4 Å². The second kappa shape index (κ2) is 3.70. The molecule has 0 aliphatic heterocycles. The summed E-state index contributed by atoms with van der Waals surface area (Å²) < 4.78 is 5.61. The summed E-state index contributed by atoms with van der Waals surface area (Å²) >= 11 is 2.00. The molecule has 0 spiro atoms. The summed E-state index contributed by atoms with van der Waals surface area (Å²) in [5.74, 6) is -0.251. The zero-order chi connectivity index (χ0) is 9.14. The minimum atomic E-state index is -0.524. The summed E-state index contributed by atoms with van der Waals surface area (Å²) in [6.07, 6.45) is 1.56. The molecule has 0 unspecified atom stereocenters. The summed E-state index contributed by atoms with van der Waals surface area (Å²) in [7, 11) is 1.45. The van der Waals surface area contributed by atoms with Crippen LogP contribution in [0.5, 0.6) is 5.88 Å². The molecule has 0 aliphatic carbocycles. The van der Waals surface area contributed by atoms with Gasteiger partial charge in [0.15, 0.2) is 0 Å². The molecular weight excluding hydrogens is 271 g/mol. The molecule has 12 heavy (non-hydrogen) atoms. The molecule has 2 N–H and O–H groups in total. The van der Waals surface area contributed by atoms with E-state index in [0.717, 1.165) is 3.57 Å². The largest absolute Gasteiger partial charge is 0.480 e. The molecule has 4 nitrogen and oxygen atoms in total. The molecule has 0 saturated carbocycles. The fourth-order valence-corrected chi connectivity index (χ4v) is 1.46. The van der Waals surface area contributed by atoms with E-state index in [-0.39, 0.29) is 5.88 Å². The van der Waals surface area contributed by atoms with Crippen molar-refractivity contribution in [3.63, 3.8) is 0 Å². The van der Waals surface area contributed by atoms with Crippen LogP contribution < -0.4 is 10.5 Å². The normalized spacial score (nSPS) is 9.50. The van der Waals surface area contributed by atoms with Gasteiger partial charge < -0.3 is 10.5 Å². The van der Waals surface area contributed by atoms with Gasteiger partial charge in [-0.2, -0.15) is 0 Å². The number of ether oxygens (including phenoxy) is 1. The average molecular weight is 278 g/mol. The predicted octanol–water partition coefficient (Wildman–Crippen LogP) is 0.794. The first-order valence-corrected chi connectivity index (χ1v) is 4.23. The zero-order valence-electron chi connectivity index (χ0n) is 6.37. The molecular formula is C7H7IN2O2. The summed E-state index contributed by atoms with van der Waals surface area (Å²) in [6, 6.07) is 1.70. The molecule has 0 fully saturated rings. The van der Waals surface area contributed by atoms with Crippen LogP contribution in [0.4, 0.5) is 0 Å². The Kier molecular flexibility index (Phi) is 2.85. The summed E-state index contributed by atoms with van der Waals surface area (Å²) in [4.78, 5) is 14.8. The van der Waals surface area contributed by atoms with Crippen LogP contribution in [-0.2, 0) is 0 Å². The Labute approximate surface area is 83.3 Å². The number of primary amides is 1. The highest BCUT2D eigenvalue weighted by molar-refractivity contribution is 14.1. The number of methoxy groups -OCH3 is 1. The van der Waals surface area contributed by atoms with E-state index in [4.69, 9.17) is 10.5 Å². The fraction of sp³-hybridized carbons (Fsp3) is 0.143. The van der Waals surface area contributed by atoms with Crippen molar-refractivity contribution in [3.05, 3.63) is 21.4 Å². The van der Waals surface area contributed by atoms with E-state index in [1.54, 1.807) is 12.3 Å². The van der Waals surface area contributed by atoms with Crippen molar-refractivity contribution < 1.29 is 9.53 Å². The Morgan fingerprint density at radius 2 is 2.42 bits per heavy atom. The molecule has 0 aliphatic rings. The second-order valence-electron chi connectivity index (χ2n) is 2.04. The van der Waals surface area contributed by atoms with Gasteiger partial charge in [-0.3, -0.25) is 4.79 Å². The van der Waals surface area contributed by atoms with Gasteiger partial charge in [0.2, 0.25) is 5.88 Å². The van der Waals surface area contributed by atoms with Crippen molar-refractivity contribution in [1.29, 1.82) is 0 Å². The smallest absolute Gasteiger partial charge is 0.255 e. The topological polar surface area (TPSA) is 65.2 Å². The molecule has 0 atom stereocenters. The lowest BCUT2D eigenvalue weighted by Crippen LogP contribution is -2.14. The van der Waals surface area contributed by atoms with Gasteiger partial charge in [-0.15, -0.1) is 0 Å². The van der Waals surface area contributed by atoms with Gasteiger partial charge >= 0.3 is 0 Å². The van der Waals surface area contributed by atoms with E-state index >= 15 is 0 Å². The minimum absolute atomic E-state index is 0.273. The molecule has 1 aromatic rings. The minimum Gasteiger partial charge on any atom is -0.480 e. The number of amides is 1. The number of hydrogen-bond donors (Lipinski definition) is 1. The number of pyridine rings is 1. The highest BCUT2D eigenvalue weighted by Gasteiger charge is 2.13. The fourth-order valence-electron chi connectivity index (χ4n) is 0.798. The van der Waals surface area contributed by atoms with Crippen LogP contribution in [0.15, 0.2) is 12.3 Å². The summed E-state index contributed by atoms with van der Waals surface area (Å²) in [5, 5.41) is 0. The standard InChI is InChI=1S/C7H7IN2O2/c1-12-7-5(6(9)11)4(8)2-3-10-7/h2-3H,1H3,(H2,9,11). The molecule has 0 saturated heterocycles. The van der Waals surface area contributed by atoms with Crippen molar-refractivity contribution >= 4 is 28.5 Å². The Balaban J connectivity index is 3.29. The van der Waals surface area contributed by atoms with Crippen molar-refractivity contribution in [3.8, 4) is 5.88 Å². The Morgan fingerprint density at radius 1 is 1.75 bits per heavy atom. The van der Waals surface area contributed by atoms with Crippen LogP contribution in [0.2, 0.25) is 0 Å². The van der Waals surface area contributed by atoms with Crippen LogP contribution in [-0.4, -0.2) is 18.0 Å². The zero-order valence-corrected chi connectivity index (χ0v) is 8.53. The molecule has 5 heteroatoms. The third-order valence-electron chi connectivity index (χ3n) is 1.31. The first-order chi connectivity index (χ1) is 5.66. The first-order valence-electron chi connectivity index (χ1n) is 3.15. The number of rotatable bonds is 2. The van der Waals surface area contributed by atoms with Gasteiger partial charge in [0, 0.05) is 9.77 Å². The predicted molar refractivity (Wildman–Crippen MR) is 52.0 cm³/mol. The second-order valence-corrected chi connectivity index (χ2v) is 3.20. The van der Waals surface area contributed by atoms with Gasteiger partial charge in [0.25, 0.3) is 5.91 Å². The lowest BCUT2D eigenvalue weighted by molar-refractivity contribution is 0.0995. The van der Waals surface area contributed by atoms with Gasteiger partial charge in [0.05, 0.1) is 7.11 Å². The number of carbonyl (C=O) groups excluding carboxylic acids is 1. The molecule has 64 valence electrons. The monoisotopic (exact) mass is 278 g/mol. The molecule has 1 rings (SSSR count). The summed E-state index contributed by atoms with van der Waals surface area (Å²) in [5.41, 5.74) is 5.46. The third kappa shape index (κ3) is 1.66. The van der Waals surface area contributed by atoms with Crippen LogP contribution in [0, 0.1) is 3.57 Å². The number of nitrogens with two attached hydrogens (primary N) is 1. The van der Waals surface area contributed by atoms with Gasteiger partial charge in [-0.05, 0) is 28.7 Å². The number of carbonyl (C=O) groups is 1. The van der Waals surface area contributed by atoms with E-state index in [0.29, 0.717) is 5.56 Å². The van der Waals surface area contributed by atoms with Crippen LogP contribution in [0.25, 0.3) is 0 Å². The average Bonchev–Trinajstić information content (AvgIpc) is 2.03. The van der Waals surface area contributed by atoms with E-state index in [1.807, 2.05) is 22.6 Å². The molecule has 1 aromatic heterocycles. The number of hydrogen-bond acceptors (Lipinski definition) is 3. The highest BCUT2D eigenvalue weighted by atomic mass is 127. The van der Waals surface area contributed by atoms with E-state index in [1.165, 1.54) is 7.11 Å². The van der Waals surface area contributed by atoms with Crippen LogP contribution >= 0.6 is 22.6 Å². The maximum Gasteiger partial charge on any atom is 0.255 e. The quantitative estimate of drug-likeness (QED) is 0.813. The van der Waals surface area contributed by atoms with E-state index in [9.17, 15) is 4.79 Å². The van der Waals surface area contributed by atoms with E-state index in [2.05, 4.69) is 4.98 Å². The van der Waals surface area contributed by atoms with Crippen molar-refractivity contribution in [2.45, 2.75) is 0 Å².